The summed E-state index contributed by atoms with van der Waals surface area (Å²) in [5.74, 6) is -3.97. The zero-order chi connectivity index (χ0) is 28.0. The van der Waals surface area contributed by atoms with Gasteiger partial charge in [-0.2, -0.15) is 10.5 Å². The van der Waals surface area contributed by atoms with Gasteiger partial charge in [-0.15, -0.1) is 0 Å². The number of hydrogen-bond donors (Lipinski definition) is 0. The molecular weight excluding hydrogens is 498 g/mol. The summed E-state index contributed by atoms with van der Waals surface area (Å²) in [6.45, 7) is 0.737. The Morgan fingerprint density at radius 2 is 1.23 bits per heavy atom. The molecule has 0 heterocycles. The second-order valence-corrected chi connectivity index (χ2v) is 8.32. The van der Waals surface area contributed by atoms with E-state index in [1.54, 1.807) is 84.9 Å². The fourth-order valence-electron chi connectivity index (χ4n) is 3.81. The number of benzene rings is 3. The zero-order valence-electron chi connectivity index (χ0n) is 21.4. The molecule has 0 spiro atoms. The van der Waals surface area contributed by atoms with E-state index in [0.29, 0.717) is 35.5 Å². The number of nitrogens with zero attached hydrogens (tertiary/aromatic N) is 3. The highest BCUT2D eigenvalue weighted by Crippen LogP contribution is 2.27. The Balaban J connectivity index is 1.71. The van der Waals surface area contributed by atoms with Gasteiger partial charge in [0.25, 0.3) is 0 Å². The maximum absolute atomic E-state index is 12.3. The van der Waals surface area contributed by atoms with Crippen LogP contribution in [0.4, 0.5) is 5.69 Å². The maximum atomic E-state index is 12.3. The number of anilines is 1. The summed E-state index contributed by atoms with van der Waals surface area (Å²) in [5, 5.41) is 19.0. The topological polar surface area (TPSA) is 130 Å². The molecule has 0 bridgehead atoms. The first-order chi connectivity index (χ1) is 19.0. The number of hydrogen-bond acceptors (Lipinski definition) is 9. The van der Waals surface area contributed by atoms with E-state index in [-0.39, 0.29) is 13.2 Å². The number of ether oxygens (including phenoxy) is 3. The summed E-state index contributed by atoms with van der Waals surface area (Å²) in [6.07, 6.45) is 0. The molecular formula is C30H27N3O6. The highest BCUT2D eigenvalue weighted by molar-refractivity contribution is 5.89. The average Bonchev–Trinajstić information content (AvgIpc) is 2.99. The van der Waals surface area contributed by atoms with E-state index in [1.165, 1.54) is 0 Å². The minimum Gasteiger partial charge on any atom is -0.468 e. The summed E-state index contributed by atoms with van der Waals surface area (Å²) >= 11 is 0. The van der Waals surface area contributed by atoms with E-state index in [9.17, 15) is 24.9 Å². The van der Waals surface area contributed by atoms with Crippen LogP contribution >= 0.6 is 0 Å². The van der Waals surface area contributed by atoms with E-state index in [0.717, 1.165) is 7.11 Å². The number of carbonyl (C=O) groups excluding carboxylic acids is 3. The van der Waals surface area contributed by atoms with Crippen LogP contribution in [0, 0.1) is 28.6 Å². The number of methoxy groups -OCH3 is 1. The van der Waals surface area contributed by atoms with Crippen molar-refractivity contribution in [2.75, 3.05) is 38.3 Å². The SMILES string of the molecule is COC(=O)C(C#N)C(C#N)c1ccc(N(CCOC(=O)c2ccccc2)CCOC(=O)c2ccccc2)cc1. The summed E-state index contributed by atoms with van der Waals surface area (Å²) in [7, 11) is 1.16. The van der Waals surface area contributed by atoms with Crippen LogP contribution in [0.2, 0.25) is 0 Å². The van der Waals surface area contributed by atoms with Gasteiger partial charge in [0, 0.05) is 5.69 Å². The van der Waals surface area contributed by atoms with Crippen molar-refractivity contribution in [1.82, 2.24) is 0 Å². The summed E-state index contributed by atoms with van der Waals surface area (Å²) in [6, 6.07) is 27.8. The Hall–Kier alpha value is -5.15. The van der Waals surface area contributed by atoms with Crippen LogP contribution in [0.25, 0.3) is 0 Å². The van der Waals surface area contributed by atoms with Crippen LogP contribution in [-0.2, 0) is 19.0 Å². The van der Waals surface area contributed by atoms with Gasteiger partial charge >= 0.3 is 17.9 Å². The van der Waals surface area contributed by atoms with Crippen LogP contribution in [0.3, 0.4) is 0 Å². The van der Waals surface area contributed by atoms with Crippen molar-refractivity contribution < 1.29 is 28.6 Å². The van der Waals surface area contributed by atoms with Crippen LogP contribution in [0.1, 0.15) is 32.2 Å². The van der Waals surface area contributed by atoms with Crippen molar-refractivity contribution >= 4 is 23.6 Å². The summed E-state index contributed by atoms with van der Waals surface area (Å²) in [5.41, 5.74) is 2.05. The second kappa shape index (κ2) is 14.6. The fourth-order valence-corrected chi connectivity index (χ4v) is 3.81. The molecule has 39 heavy (non-hydrogen) atoms. The second-order valence-electron chi connectivity index (χ2n) is 8.32. The molecule has 0 amide bonds. The van der Waals surface area contributed by atoms with Crippen molar-refractivity contribution in [1.29, 1.82) is 10.5 Å². The van der Waals surface area contributed by atoms with Crippen LogP contribution in [0.5, 0.6) is 0 Å². The van der Waals surface area contributed by atoms with Gasteiger partial charge in [-0.3, -0.25) is 4.79 Å². The van der Waals surface area contributed by atoms with Crippen LogP contribution in [0.15, 0.2) is 84.9 Å². The van der Waals surface area contributed by atoms with Gasteiger partial charge in [0.2, 0.25) is 0 Å². The van der Waals surface area contributed by atoms with E-state index in [1.807, 2.05) is 17.0 Å². The minimum atomic E-state index is -1.27. The normalized spacial score (nSPS) is 11.7. The molecule has 0 aliphatic heterocycles. The molecule has 3 aromatic rings. The van der Waals surface area contributed by atoms with Crippen molar-refractivity contribution in [3.8, 4) is 12.1 Å². The van der Waals surface area contributed by atoms with Crippen molar-refractivity contribution in [3.63, 3.8) is 0 Å². The molecule has 0 radical (unpaired) electrons. The predicted molar refractivity (Wildman–Crippen MR) is 142 cm³/mol. The summed E-state index contributed by atoms with van der Waals surface area (Å²) < 4.78 is 15.5. The van der Waals surface area contributed by atoms with Crippen molar-refractivity contribution in [3.05, 3.63) is 102 Å². The van der Waals surface area contributed by atoms with E-state index in [2.05, 4.69) is 4.74 Å². The quantitative estimate of drug-likeness (QED) is 0.253. The molecule has 9 heteroatoms. The Bertz CT molecular complexity index is 1270. The lowest BCUT2D eigenvalue weighted by molar-refractivity contribution is -0.143. The average molecular weight is 526 g/mol. The molecule has 0 aromatic heterocycles. The molecule has 3 aromatic carbocycles. The number of rotatable bonds is 12. The van der Waals surface area contributed by atoms with Crippen molar-refractivity contribution in [2.45, 2.75) is 5.92 Å². The third-order valence-corrected chi connectivity index (χ3v) is 5.89. The monoisotopic (exact) mass is 525 g/mol. The first-order valence-corrected chi connectivity index (χ1v) is 12.1. The first-order valence-electron chi connectivity index (χ1n) is 12.1. The minimum absolute atomic E-state index is 0.0712. The van der Waals surface area contributed by atoms with Crippen LogP contribution in [-0.4, -0.2) is 51.3 Å². The lowest BCUT2D eigenvalue weighted by Gasteiger charge is -2.25. The molecule has 0 aliphatic carbocycles. The molecule has 198 valence electrons. The first kappa shape index (κ1) is 28.4. The number of carbonyl (C=O) groups is 3. The lowest BCUT2D eigenvalue weighted by Crippen LogP contribution is -2.32. The number of esters is 3. The zero-order valence-corrected chi connectivity index (χ0v) is 21.4. The molecule has 0 saturated carbocycles. The van der Waals surface area contributed by atoms with E-state index >= 15 is 0 Å². The van der Waals surface area contributed by atoms with Gasteiger partial charge in [0.1, 0.15) is 13.2 Å². The molecule has 0 N–H and O–H groups in total. The highest BCUT2D eigenvalue weighted by Gasteiger charge is 2.30. The third-order valence-electron chi connectivity index (χ3n) is 5.89. The summed E-state index contributed by atoms with van der Waals surface area (Å²) in [4.78, 5) is 38.5. The van der Waals surface area contributed by atoms with Gasteiger partial charge in [-0.05, 0) is 42.0 Å². The molecule has 2 unspecified atom stereocenters. The molecule has 0 saturated heterocycles. The Morgan fingerprint density at radius 1 is 0.744 bits per heavy atom. The molecule has 9 nitrogen and oxygen atoms in total. The maximum Gasteiger partial charge on any atom is 0.338 e. The van der Waals surface area contributed by atoms with E-state index < -0.39 is 29.7 Å². The van der Waals surface area contributed by atoms with Crippen molar-refractivity contribution in [2.24, 2.45) is 5.92 Å². The molecule has 0 fully saturated rings. The van der Waals surface area contributed by atoms with Gasteiger partial charge < -0.3 is 19.1 Å². The standard InChI is InChI=1S/C30H27N3O6/c1-37-30(36)27(21-32)26(20-31)22-12-14-25(15-13-22)33(16-18-38-28(34)23-8-4-2-5-9-23)17-19-39-29(35)24-10-6-3-7-11-24/h2-15,26-27H,16-19H2,1H3. The third kappa shape index (κ3) is 7.91. The Kier molecular flexibility index (Phi) is 10.6. The van der Waals surface area contributed by atoms with Gasteiger partial charge in [0.05, 0.1) is 49.4 Å². The fraction of sp³-hybridized carbons (Fsp3) is 0.233. The van der Waals surface area contributed by atoms with Gasteiger partial charge in [-0.25, -0.2) is 9.59 Å². The van der Waals surface area contributed by atoms with Gasteiger partial charge in [-0.1, -0.05) is 48.5 Å². The Morgan fingerprint density at radius 3 is 1.64 bits per heavy atom. The number of nitriles is 2. The molecule has 0 aliphatic rings. The van der Waals surface area contributed by atoms with Crippen LogP contribution < -0.4 is 4.90 Å². The molecule has 2 atom stereocenters. The predicted octanol–water partition coefficient (Wildman–Crippen LogP) is 4.13. The lowest BCUT2D eigenvalue weighted by atomic mass is 9.88. The Labute approximate surface area is 226 Å². The van der Waals surface area contributed by atoms with Gasteiger partial charge in [0.15, 0.2) is 5.92 Å². The molecule has 3 rings (SSSR count). The highest BCUT2D eigenvalue weighted by atomic mass is 16.5. The largest absolute Gasteiger partial charge is 0.468 e. The van der Waals surface area contributed by atoms with E-state index in [4.69, 9.17) is 9.47 Å². The smallest absolute Gasteiger partial charge is 0.338 e.